The highest BCUT2D eigenvalue weighted by molar-refractivity contribution is 5.88. The minimum atomic E-state index is -0.355. The number of nitrogens with one attached hydrogen (secondary N) is 1. The number of nitrogens with zero attached hydrogens (tertiary/aromatic N) is 5. The average Bonchev–Trinajstić information content (AvgIpc) is 3.02. The fourth-order valence-electron chi connectivity index (χ4n) is 2.87. The van der Waals surface area contributed by atoms with Gasteiger partial charge in [0.15, 0.2) is 17.2 Å². The molecule has 2 heterocycles. The summed E-state index contributed by atoms with van der Waals surface area (Å²) in [6.07, 6.45) is 1.44. The van der Waals surface area contributed by atoms with Gasteiger partial charge in [-0.1, -0.05) is 27.7 Å². The lowest BCUT2D eigenvalue weighted by Crippen LogP contribution is -2.50. The van der Waals surface area contributed by atoms with Crippen LogP contribution in [-0.4, -0.2) is 73.0 Å². The second-order valence-corrected chi connectivity index (χ2v) is 7.61. The summed E-state index contributed by atoms with van der Waals surface area (Å²) in [5, 5.41) is 12.9. The van der Waals surface area contributed by atoms with Crippen LogP contribution in [-0.2, 0) is 16.1 Å². The van der Waals surface area contributed by atoms with E-state index in [1.807, 2.05) is 13.8 Å². The first-order valence-electron chi connectivity index (χ1n) is 9.53. The van der Waals surface area contributed by atoms with Crippen LogP contribution >= 0.6 is 0 Å². The Balaban J connectivity index is 2.25. The van der Waals surface area contributed by atoms with E-state index in [1.54, 1.807) is 13.8 Å². The number of carbonyl (C=O) groups is 2. The first kappa shape index (κ1) is 22.5. The Morgan fingerprint density at radius 2 is 1.93 bits per heavy atom. The van der Waals surface area contributed by atoms with Crippen LogP contribution in [0.25, 0.3) is 11.2 Å². The quantitative estimate of drug-likeness (QED) is 0.403. The molecular weight excluding hydrogens is 376 g/mol. The molecule has 0 radical (unpaired) electrons. The molecule has 0 saturated heterocycles. The molecule has 11 nitrogen and oxygen atoms in total. The van der Waals surface area contributed by atoms with Gasteiger partial charge in [-0.15, -0.1) is 0 Å². The number of carbonyl (C=O) groups excluding carboxylic acids is 2. The number of hydrogen-bond donors (Lipinski definition) is 4. The predicted molar refractivity (Wildman–Crippen MR) is 110 cm³/mol. The van der Waals surface area contributed by atoms with E-state index in [2.05, 4.69) is 20.3 Å². The molecule has 2 aromatic rings. The lowest BCUT2D eigenvalue weighted by atomic mass is 10.1. The normalized spacial score (nSPS) is 12.7. The lowest BCUT2D eigenvalue weighted by Gasteiger charge is -2.28. The molecule has 160 valence electrons. The predicted octanol–water partition coefficient (Wildman–Crippen LogP) is -0.597. The standard InChI is InChI=1S/C18H30N8O3/c1-10(2)13(28)6-25(5-12(8-27)22-11(3)4)14(29)7-26-9-21-15-16(19)23-18(20)24-17(15)26/h9-12,22,27H,5-8H2,1-4H3,(H4,19,20,23,24)/t12-/m1/s1. The second kappa shape index (κ2) is 9.61. The fraction of sp³-hybridized carbons (Fsp3) is 0.611. The van der Waals surface area contributed by atoms with Crippen molar-refractivity contribution in [2.45, 2.75) is 46.3 Å². The van der Waals surface area contributed by atoms with Crippen LogP contribution < -0.4 is 16.8 Å². The third-order valence-corrected chi connectivity index (χ3v) is 4.39. The van der Waals surface area contributed by atoms with E-state index in [4.69, 9.17) is 11.5 Å². The van der Waals surface area contributed by atoms with Gasteiger partial charge in [0.2, 0.25) is 11.9 Å². The zero-order chi connectivity index (χ0) is 21.7. The molecule has 1 atom stereocenters. The number of aliphatic hydroxyl groups excluding tert-OH is 1. The Hall–Kier alpha value is -2.79. The topological polar surface area (TPSA) is 165 Å². The number of hydrogen-bond acceptors (Lipinski definition) is 9. The van der Waals surface area contributed by atoms with Crippen molar-refractivity contribution in [1.82, 2.24) is 29.7 Å². The number of imidazole rings is 1. The molecule has 0 unspecified atom stereocenters. The Bertz CT molecular complexity index is 864. The molecule has 2 aromatic heterocycles. The van der Waals surface area contributed by atoms with Gasteiger partial charge in [0.1, 0.15) is 12.1 Å². The summed E-state index contributed by atoms with van der Waals surface area (Å²) in [7, 11) is 0. The summed E-state index contributed by atoms with van der Waals surface area (Å²) in [4.78, 5) is 38.9. The molecule has 0 aliphatic heterocycles. The van der Waals surface area contributed by atoms with Crippen molar-refractivity contribution < 1.29 is 14.7 Å². The summed E-state index contributed by atoms with van der Waals surface area (Å²) >= 11 is 0. The van der Waals surface area contributed by atoms with Gasteiger partial charge in [-0.05, 0) is 0 Å². The van der Waals surface area contributed by atoms with Crippen molar-refractivity contribution in [3.63, 3.8) is 0 Å². The summed E-state index contributed by atoms with van der Waals surface area (Å²) < 4.78 is 1.52. The van der Waals surface area contributed by atoms with Crippen LogP contribution in [0.3, 0.4) is 0 Å². The van der Waals surface area contributed by atoms with Gasteiger partial charge in [-0.3, -0.25) is 9.59 Å². The summed E-state index contributed by atoms with van der Waals surface area (Å²) in [6.45, 7) is 7.35. The summed E-state index contributed by atoms with van der Waals surface area (Å²) in [5.41, 5.74) is 12.2. The van der Waals surface area contributed by atoms with E-state index in [-0.39, 0.29) is 67.7 Å². The number of amides is 1. The number of nitrogen functional groups attached to an aromatic ring is 2. The van der Waals surface area contributed by atoms with Gasteiger partial charge in [0.05, 0.1) is 19.5 Å². The van der Waals surface area contributed by atoms with Crippen LogP contribution in [0, 0.1) is 5.92 Å². The molecule has 0 saturated carbocycles. The summed E-state index contributed by atoms with van der Waals surface area (Å²) in [6, 6.07) is -0.239. The van der Waals surface area contributed by atoms with Crippen LogP contribution in [0.1, 0.15) is 27.7 Å². The maximum absolute atomic E-state index is 13.0. The minimum Gasteiger partial charge on any atom is -0.395 e. The highest BCUT2D eigenvalue weighted by Crippen LogP contribution is 2.17. The van der Waals surface area contributed by atoms with E-state index in [0.29, 0.717) is 11.2 Å². The smallest absolute Gasteiger partial charge is 0.243 e. The molecule has 29 heavy (non-hydrogen) atoms. The maximum atomic E-state index is 13.0. The van der Waals surface area contributed by atoms with Crippen molar-refractivity contribution in [2.24, 2.45) is 5.92 Å². The van der Waals surface area contributed by atoms with Crippen molar-refractivity contribution in [1.29, 1.82) is 0 Å². The first-order valence-corrected chi connectivity index (χ1v) is 9.53. The molecule has 0 spiro atoms. The Morgan fingerprint density at radius 1 is 1.24 bits per heavy atom. The van der Waals surface area contributed by atoms with Crippen LogP contribution in [0.4, 0.5) is 11.8 Å². The fourth-order valence-corrected chi connectivity index (χ4v) is 2.87. The molecular formula is C18H30N8O3. The third kappa shape index (κ3) is 5.84. The second-order valence-electron chi connectivity index (χ2n) is 7.61. The molecule has 0 aromatic carbocycles. The number of rotatable bonds is 10. The van der Waals surface area contributed by atoms with E-state index in [9.17, 15) is 14.7 Å². The highest BCUT2D eigenvalue weighted by atomic mass is 16.3. The Labute approximate surface area is 169 Å². The van der Waals surface area contributed by atoms with Crippen molar-refractivity contribution in [3.8, 4) is 0 Å². The molecule has 11 heteroatoms. The third-order valence-electron chi connectivity index (χ3n) is 4.39. The summed E-state index contributed by atoms with van der Waals surface area (Å²) in [5.74, 6) is -0.467. The number of aromatic nitrogens is 4. The van der Waals surface area contributed by atoms with Gasteiger partial charge in [0, 0.05) is 24.5 Å². The van der Waals surface area contributed by atoms with Crippen molar-refractivity contribution in [3.05, 3.63) is 6.33 Å². The Kier molecular flexibility index (Phi) is 7.46. The van der Waals surface area contributed by atoms with Gasteiger partial charge < -0.3 is 31.4 Å². The zero-order valence-electron chi connectivity index (χ0n) is 17.3. The van der Waals surface area contributed by atoms with Gasteiger partial charge in [-0.25, -0.2) is 4.98 Å². The van der Waals surface area contributed by atoms with Crippen LogP contribution in [0.2, 0.25) is 0 Å². The SMILES string of the molecule is CC(C)N[C@@H](CO)CN(CC(=O)C(C)C)C(=O)Cn1cnc2c(N)nc(N)nc21. The molecule has 2 rings (SSSR count). The Morgan fingerprint density at radius 3 is 2.52 bits per heavy atom. The van der Waals surface area contributed by atoms with Crippen LogP contribution in [0.15, 0.2) is 6.33 Å². The van der Waals surface area contributed by atoms with E-state index in [1.165, 1.54) is 15.8 Å². The lowest BCUT2D eigenvalue weighted by molar-refractivity contribution is -0.137. The first-order chi connectivity index (χ1) is 13.6. The molecule has 0 bridgehead atoms. The molecule has 1 amide bonds. The van der Waals surface area contributed by atoms with Crippen molar-refractivity contribution >= 4 is 34.6 Å². The molecule has 6 N–H and O–H groups in total. The van der Waals surface area contributed by atoms with E-state index < -0.39 is 0 Å². The molecule has 0 aliphatic carbocycles. The largest absolute Gasteiger partial charge is 0.395 e. The van der Waals surface area contributed by atoms with Crippen LogP contribution in [0.5, 0.6) is 0 Å². The minimum absolute atomic E-state index is 0.0162. The number of fused-ring (bicyclic) bond motifs is 1. The maximum Gasteiger partial charge on any atom is 0.243 e. The van der Waals surface area contributed by atoms with Crippen molar-refractivity contribution in [2.75, 3.05) is 31.2 Å². The zero-order valence-corrected chi connectivity index (χ0v) is 17.3. The van der Waals surface area contributed by atoms with Gasteiger partial charge in [-0.2, -0.15) is 9.97 Å². The number of Topliss-reactive ketones (excluding diaryl/α,β-unsaturated/α-hetero) is 1. The highest BCUT2D eigenvalue weighted by Gasteiger charge is 2.24. The number of aliphatic hydroxyl groups is 1. The molecule has 0 aliphatic rings. The average molecular weight is 406 g/mol. The van der Waals surface area contributed by atoms with E-state index >= 15 is 0 Å². The van der Waals surface area contributed by atoms with E-state index in [0.717, 1.165) is 0 Å². The van der Waals surface area contributed by atoms with Gasteiger partial charge in [0.25, 0.3) is 0 Å². The molecule has 0 fully saturated rings. The number of ketones is 1. The monoisotopic (exact) mass is 406 g/mol. The number of nitrogens with two attached hydrogens (primary N) is 2. The van der Waals surface area contributed by atoms with Gasteiger partial charge >= 0.3 is 0 Å². The number of anilines is 2.